The quantitative estimate of drug-likeness (QED) is 0.628. The molecule has 5 heteroatoms. The number of nitrogen functional groups attached to an aromatic ring is 1. The molecule has 2 N–H and O–H groups in total. The molecular formula is C27H42N4O. The van der Waals surface area contributed by atoms with Gasteiger partial charge in [-0.3, -0.25) is 0 Å². The van der Waals surface area contributed by atoms with E-state index < -0.39 is 0 Å². The molecule has 5 rings (SSSR count). The number of nitrogens with two attached hydrogens (primary N) is 1. The van der Waals surface area contributed by atoms with Crippen LogP contribution in [-0.2, 0) is 4.74 Å². The third-order valence-corrected chi connectivity index (χ3v) is 10.6. The highest BCUT2D eigenvalue weighted by molar-refractivity contribution is 5.47. The van der Waals surface area contributed by atoms with Crippen molar-refractivity contribution in [2.75, 3.05) is 18.9 Å². The van der Waals surface area contributed by atoms with Crippen molar-refractivity contribution in [2.45, 2.75) is 84.6 Å². The molecule has 0 aromatic carbocycles. The molecule has 0 amide bonds. The van der Waals surface area contributed by atoms with Crippen LogP contribution in [0.15, 0.2) is 6.20 Å². The lowest BCUT2D eigenvalue weighted by Gasteiger charge is -2.56. The molecule has 176 valence electrons. The van der Waals surface area contributed by atoms with Crippen molar-refractivity contribution in [2.24, 2.45) is 46.8 Å². The first-order chi connectivity index (χ1) is 15.5. The van der Waals surface area contributed by atoms with E-state index in [-0.39, 0.29) is 6.04 Å². The standard InChI is InChI=1S/C27H42N4O/c1-4-32-16-18-5-7-21-19(13-18)6-8-23-22(21)11-12-27(3)24(9-10-25(23)27)17(2)31-26(29)20(14-28)15-30-31/h15,17-19,21-25H,4-13,16,29H2,1-3H3. The number of ether oxygens (including phenoxy) is 1. The molecular weight excluding hydrogens is 396 g/mol. The molecule has 1 aromatic heterocycles. The number of anilines is 1. The number of nitrogens with zero attached hydrogens (tertiary/aromatic N) is 3. The van der Waals surface area contributed by atoms with Crippen LogP contribution in [-0.4, -0.2) is 23.0 Å². The highest BCUT2D eigenvalue weighted by Crippen LogP contribution is 2.66. The summed E-state index contributed by atoms with van der Waals surface area (Å²) in [5.74, 6) is 6.58. The summed E-state index contributed by atoms with van der Waals surface area (Å²) >= 11 is 0. The third-order valence-electron chi connectivity index (χ3n) is 10.6. The third kappa shape index (κ3) is 3.49. The molecule has 4 aliphatic carbocycles. The van der Waals surface area contributed by atoms with Crippen LogP contribution < -0.4 is 5.73 Å². The number of hydrogen-bond donors (Lipinski definition) is 1. The Hall–Kier alpha value is -1.54. The van der Waals surface area contributed by atoms with Crippen molar-refractivity contribution in [3.63, 3.8) is 0 Å². The molecule has 0 aliphatic heterocycles. The van der Waals surface area contributed by atoms with E-state index in [0.717, 1.165) is 48.7 Å². The van der Waals surface area contributed by atoms with Crippen LogP contribution in [0.2, 0.25) is 0 Å². The van der Waals surface area contributed by atoms with E-state index in [1.54, 1.807) is 6.20 Å². The Bertz CT molecular complexity index is 858. The predicted molar refractivity (Wildman–Crippen MR) is 127 cm³/mol. The Morgan fingerprint density at radius 2 is 2.00 bits per heavy atom. The van der Waals surface area contributed by atoms with E-state index in [9.17, 15) is 5.26 Å². The molecule has 0 saturated heterocycles. The SMILES string of the molecule is CCOCC1CCC2C(CCC3C2CCC2(C)C3CCC2C(C)n2ncc(C#N)c2N)C1. The van der Waals surface area contributed by atoms with Gasteiger partial charge in [0.25, 0.3) is 0 Å². The average molecular weight is 439 g/mol. The second-order valence-corrected chi connectivity index (χ2v) is 11.7. The van der Waals surface area contributed by atoms with Gasteiger partial charge >= 0.3 is 0 Å². The van der Waals surface area contributed by atoms with Gasteiger partial charge in [0.1, 0.15) is 17.5 Å². The van der Waals surface area contributed by atoms with Gasteiger partial charge in [0.2, 0.25) is 0 Å². The zero-order valence-electron chi connectivity index (χ0n) is 20.3. The van der Waals surface area contributed by atoms with E-state index >= 15 is 0 Å². The summed E-state index contributed by atoms with van der Waals surface area (Å²) in [4.78, 5) is 0. The average Bonchev–Trinajstić information content (AvgIpc) is 3.36. The first-order valence-corrected chi connectivity index (χ1v) is 13.3. The number of fused-ring (bicyclic) bond motifs is 5. The molecule has 5 nitrogen and oxygen atoms in total. The molecule has 1 aromatic rings. The molecule has 9 unspecified atom stereocenters. The lowest BCUT2D eigenvalue weighted by Crippen LogP contribution is -2.49. The topological polar surface area (TPSA) is 76.9 Å². The predicted octanol–water partition coefficient (Wildman–Crippen LogP) is 5.82. The fourth-order valence-electron chi connectivity index (χ4n) is 9.17. The second kappa shape index (κ2) is 8.67. The maximum atomic E-state index is 9.31. The van der Waals surface area contributed by atoms with Crippen molar-refractivity contribution in [1.29, 1.82) is 5.26 Å². The van der Waals surface area contributed by atoms with Gasteiger partial charge in [-0.2, -0.15) is 10.4 Å². The van der Waals surface area contributed by atoms with Gasteiger partial charge in [-0.25, -0.2) is 4.68 Å². The highest BCUT2D eigenvalue weighted by Gasteiger charge is 2.58. The summed E-state index contributed by atoms with van der Waals surface area (Å²) in [6.07, 6.45) is 14.2. The minimum Gasteiger partial charge on any atom is -0.383 e. The van der Waals surface area contributed by atoms with Crippen molar-refractivity contribution in [1.82, 2.24) is 9.78 Å². The maximum Gasteiger partial charge on any atom is 0.140 e. The van der Waals surface area contributed by atoms with E-state index in [1.165, 1.54) is 57.8 Å². The lowest BCUT2D eigenvalue weighted by molar-refractivity contribution is -0.0773. The van der Waals surface area contributed by atoms with Crippen LogP contribution in [0.1, 0.15) is 90.2 Å². The molecule has 0 bridgehead atoms. The van der Waals surface area contributed by atoms with Crippen molar-refractivity contribution >= 4 is 5.82 Å². The monoisotopic (exact) mass is 438 g/mol. The molecule has 0 radical (unpaired) electrons. The van der Waals surface area contributed by atoms with Gasteiger partial charge in [-0.15, -0.1) is 0 Å². The molecule has 1 heterocycles. The summed E-state index contributed by atoms with van der Waals surface area (Å²) in [5.41, 5.74) is 7.18. The highest BCUT2D eigenvalue weighted by atomic mass is 16.5. The summed E-state index contributed by atoms with van der Waals surface area (Å²) in [6, 6.07) is 2.45. The molecule has 4 aliphatic rings. The van der Waals surface area contributed by atoms with Gasteiger partial charge in [-0.05, 0) is 118 Å². The Kier molecular flexibility index (Phi) is 6.03. The smallest absolute Gasteiger partial charge is 0.140 e. The molecule has 32 heavy (non-hydrogen) atoms. The second-order valence-electron chi connectivity index (χ2n) is 11.7. The van der Waals surface area contributed by atoms with Crippen LogP contribution in [0, 0.1) is 58.2 Å². The Balaban J connectivity index is 1.30. The molecule has 4 fully saturated rings. The van der Waals surface area contributed by atoms with Gasteiger partial charge in [0.05, 0.1) is 12.2 Å². The lowest BCUT2D eigenvalue weighted by atomic mass is 9.49. The Morgan fingerprint density at radius 3 is 2.75 bits per heavy atom. The number of hydrogen-bond acceptors (Lipinski definition) is 4. The van der Waals surface area contributed by atoms with Crippen LogP contribution in [0.3, 0.4) is 0 Å². The minimum atomic E-state index is 0.258. The van der Waals surface area contributed by atoms with E-state index in [4.69, 9.17) is 10.5 Å². The first kappa shape index (κ1) is 22.3. The fourth-order valence-corrected chi connectivity index (χ4v) is 9.17. The Labute approximate surface area is 194 Å². The molecule has 0 spiro atoms. The summed E-state index contributed by atoms with van der Waals surface area (Å²) in [6.45, 7) is 8.83. The molecule has 4 saturated carbocycles. The van der Waals surface area contributed by atoms with Crippen LogP contribution in [0.4, 0.5) is 5.82 Å². The van der Waals surface area contributed by atoms with Gasteiger partial charge in [-0.1, -0.05) is 6.92 Å². The number of rotatable bonds is 5. The van der Waals surface area contributed by atoms with Gasteiger partial charge in [0.15, 0.2) is 0 Å². The maximum absolute atomic E-state index is 9.31. The summed E-state index contributed by atoms with van der Waals surface area (Å²) < 4.78 is 7.73. The molecule has 9 atom stereocenters. The number of nitriles is 1. The van der Waals surface area contributed by atoms with Crippen molar-refractivity contribution < 1.29 is 4.74 Å². The summed E-state index contributed by atoms with van der Waals surface area (Å²) in [5, 5.41) is 13.8. The fraction of sp³-hybridized carbons (Fsp3) is 0.852. The number of aromatic nitrogens is 2. The van der Waals surface area contributed by atoms with Crippen LogP contribution in [0.5, 0.6) is 0 Å². The van der Waals surface area contributed by atoms with Crippen molar-refractivity contribution in [3.05, 3.63) is 11.8 Å². The summed E-state index contributed by atoms with van der Waals surface area (Å²) in [7, 11) is 0. The normalized spacial score (nSPS) is 41.9. The van der Waals surface area contributed by atoms with Crippen LogP contribution in [0.25, 0.3) is 0 Å². The minimum absolute atomic E-state index is 0.258. The Morgan fingerprint density at radius 1 is 1.19 bits per heavy atom. The zero-order chi connectivity index (χ0) is 22.5. The first-order valence-electron chi connectivity index (χ1n) is 13.3. The van der Waals surface area contributed by atoms with E-state index in [0.29, 0.717) is 22.7 Å². The van der Waals surface area contributed by atoms with Crippen LogP contribution >= 0.6 is 0 Å². The van der Waals surface area contributed by atoms with Gasteiger partial charge < -0.3 is 10.5 Å². The van der Waals surface area contributed by atoms with E-state index in [2.05, 4.69) is 31.9 Å². The largest absolute Gasteiger partial charge is 0.383 e. The van der Waals surface area contributed by atoms with E-state index in [1.807, 2.05) is 4.68 Å². The van der Waals surface area contributed by atoms with Crippen molar-refractivity contribution in [3.8, 4) is 6.07 Å². The zero-order valence-corrected chi connectivity index (χ0v) is 20.3. The van der Waals surface area contributed by atoms with Gasteiger partial charge in [0, 0.05) is 13.2 Å².